The maximum atomic E-state index is 13.8. The molecule has 1 aromatic heterocycles. The maximum absolute atomic E-state index is 13.8. The summed E-state index contributed by atoms with van der Waals surface area (Å²) in [6, 6.07) is 6.64. The van der Waals surface area contributed by atoms with Gasteiger partial charge < -0.3 is 10.2 Å². The molecule has 4 nitrogen and oxygen atoms in total. The van der Waals surface area contributed by atoms with Crippen LogP contribution in [0.4, 0.5) is 21.7 Å². The number of halogens is 1. The van der Waals surface area contributed by atoms with Crippen molar-refractivity contribution >= 4 is 17.3 Å². The summed E-state index contributed by atoms with van der Waals surface area (Å²) in [7, 11) is 1.77. The van der Waals surface area contributed by atoms with Crippen molar-refractivity contribution in [2.24, 2.45) is 0 Å². The van der Waals surface area contributed by atoms with Gasteiger partial charge in [-0.3, -0.25) is 4.98 Å². The van der Waals surface area contributed by atoms with Crippen molar-refractivity contribution in [3.63, 3.8) is 0 Å². The van der Waals surface area contributed by atoms with Gasteiger partial charge in [0.2, 0.25) is 0 Å². The van der Waals surface area contributed by atoms with Crippen LogP contribution in [0.1, 0.15) is 6.92 Å². The first-order chi connectivity index (χ1) is 8.76. The van der Waals surface area contributed by atoms with Gasteiger partial charge in [0.15, 0.2) is 5.82 Å². The fourth-order valence-electron chi connectivity index (χ4n) is 1.73. The standard InChI is InChI=1S/C13H15FN4/c1-3-18(11-7-5-4-6-10(11)14)13-9-16-8-12(15-2)17-13/h4-9H,3H2,1-2H3,(H,15,17). The van der Waals surface area contributed by atoms with Gasteiger partial charge in [-0.05, 0) is 19.1 Å². The third-order valence-corrected chi connectivity index (χ3v) is 2.61. The Morgan fingerprint density at radius 1 is 1.28 bits per heavy atom. The fourth-order valence-corrected chi connectivity index (χ4v) is 1.73. The van der Waals surface area contributed by atoms with Gasteiger partial charge in [-0.2, -0.15) is 0 Å². The summed E-state index contributed by atoms with van der Waals surface area (Å²) in [4.78, 5) is 10.2. The second-order valence-electron chi connectivity index (χ2n) is 3.71. The molecule has 5 heteroatoms. The van der Waals surface area contributed by atoms with E-state index >= 15 is 0 Å². The summed E-state index contributed by atoms with van der Waals surface area (Å²) in [6.07, 6.45) is 3.25. The molecule has 0 atom stereocenters. The molecule has 1 heterocycles. The molecule has 0 saturated carbocycles. The van der Waals surface area contributed by atoms with Crippen LogP contribution < -0.4 is 10.2 Å². The predicted molar refractivity (Wildman–Crippen MR) is 70.7 cm³/mol. The van der Waals surface area contributed by atoms with Crippen LogP contribution in [0.2, 0.25) is 0 Å². The third kappa shape index (κ3) is 2.40. The zero-order valence-electron chi connectivity index (χ0n) is 10.4. The molecule has 2 rings (SSSR count). The molecular formula is C13H15FN4. The molecule has 0 aliphatic carbocycles. The molecule has 0 unspecified atom stereocenters. The van der Waals surface area contributed by atoms with Crippen LogP contribution in [-0.2, 0) is 0 Å². The minimum atomic E-state index is -0.268. The predicted octanol–water partition coefficient (Wildman–Crippen LogP) is 2.82. The highest BCUT2D eigenvalue weighted by atomic mass is 19.1. The number of hydrogen-bond acceptors (Lipinski definition) is 4. The van der Waals surface area contributed by atoms with Gasteiger partial charge in [-0.25, -0.2) is 9.37 Å². The molecule has 0 aliphatic rings. The van der Waals surface area contributed by atoms with Crippen molar-refractivity contribution in [3.05, 3.63) is 42.5 Å². The number of aromatic nitrogens is 2. The molecule has 0 bridgehead atoms. The molecule has 2 aromatic rings. The minimum Gasteiger partial charge on any atom is -0.372 e. The smallest absolute Gasteiger partial charge is 0.154 e. The van der Waals surface area contributed by atoms with Gasteiger partial charge in [0.25, 0.3) is 0 Å². The first-order valence-electron chi connectivity index (χ1n) is 5.78. The fraction of sp³-hybridized carbons (Fsp3) is 0.231. The van der Waals surface area contributed by atoms with Crippen molar-refractivity contribution in [1.29, 1.82) is 0 Å². The van der Waals surface area contributed by atoms with Crippen LogP contribution in [0.5, 0.6) is 0 Å². The van der Waals surface area contributed by atoms with Crippen LogP contribution in [0.25, 0.3) is 0 Å². The zero-order chi connectivity index (χ0) is 13.0. The lowest BCUT2D eigenvalue weighted by atomic mass is 10.2. The molecule has 1 N–H and O–H groups in total. The third-order valence-electron chi connectivity index (χ3n) is 2.61. The number of nitrogens with one attached hydrogen (secondary N) is 1. The average molecular weight is 246 g/mol. The lowest BCUT2D eigenvalue weighted by Crippen LogP contribution is -2.19. The van der Waals surface area contributed by atoms with E-state index in [1.54, 1.807) is 42.5 Å². The molecule has 94 valence electrons. The number of para-hydroxylation sites is 1. The first kappa shape index (κ1) is 12.3. The van der Waals surface area contributed by atoms with Crippen molar-refractivity contribution in [2.75, 3.05) is 23.8 Å². The Morgan fingerprint density at radius 3 is 2.72 bits per heavy atom. The Bertz CT molecular complexity index is 530. The Kier molecular flexibility index (Phi) is 3.72. The summed E-state index contributed by atoms with van der Waals surface area (Å²) >= 11 is 0. The van der Waals surface area contributed by atoms with Crippen LogP contribution in [0.3, 0.4) is 0 Å². The number of rotatable bonds is 4. The quantitative estimate of drug-likeness (QED) is 0.900. The Balaban J connectivity index is 2.42. The van der Waals surface area contributed by atoms with Gasteiger partial charge >= 0.3 is 0 Å². The topological polar surface area (TPSA) is 41.1 Å². The molecule has 0 aliphatic heterocycles. The highest BCUT2D eigenvalue weighted by Crippen LogP contribution is 2.25. The molecule has 0 radical (unpaired) electrons. The van der Waals surface area contributed by atoms with Crippen molar-refractivity contribution < 1.29 is 4.39 Å². The van der Waals surface area contributed by atoms with E-state index in [9.17, 15) is 4.39 Å². The summed E-state index contributed by atoms with van der Waals surface area (Å²) in [5, 5.41) is 2.92. The molecule has 0 amide bonds. The van der Waals surface area contributed by atoms with Crippen molar-refractivity contribution in [3.8, 4) is 0 Å². The molecule has 1 aromatic carbocycles. The molecule has 0 saturated heterocycles. The van der Waals surface area contributed by atoms with Gasteiger partial charge in [-0.1, -0.05) is 12.1 Å². The Morgan fingerprint density at radius 2 is 2.06 bits per heavy atom. The summed E-state index contributed by atoms with van der Waals surface area (Å²) in [6.45, 7) is 2.56. The number of hydrogen-bond donors (Lipinski definition) is 1. The monoisotopic (exact) mass is 246 g/mol. The normalized spacial score (nSPS) is 10.2. The summed E-state index contributed by atoms with van der Waals surface area (Å²) in [5.74, 6) is 1.01. The van der Waals surface area contributed by atoms with Crippen molar-refractivity contribution in [2.45, 2.75) is 6.92 Å². The number of benzene rings is 1. The van der Waals surface area contributed by atoms with E-state index in [-0.39, 0.29) is 5.82 Å². The van der Waals surface area contributed by atoms with E-state index in [1.807, 2.05) is 6.92 Å². The lowest BCUT2D eigenvalue weighted by Gasteiger charge is -2.22. The molecular weight excluding hydrogens is 231 g/mol. The van der Waals surface area contributed by atoms with E-state index in [0.29, 0.717) is 23.9 Å². The number of anilines is 3. The van der Waals surface area contributed by atoms with Crippen LogP contribution in [0, 0.1) is 5.82 Å². The van der Waals surface area contributed by atoms with E-state index in [1.165, 1.54) is 6.07 Å². The van der Waals surface area contributed by atoms with Crippen molar-refractivity contribution in [1.82, 2.24) is 9.97 Å². The Labute approximate surface area is 105 Å². The van der Waals surface area contributed by atoms with Crippen LogP contribution in [0.15, 0.2) is 36.7 Å². The first-order valence-corrected chi connectivity index (χ1v) is 5.78. The van der Waals surface area contributed by atoms with Crippen LogP contribution >= 0.6 is 0 Å². The second-order valence-corrected chi connectivity index (χ2v) is 3.71. The Hall–Kier alpha value is -2.17. The SMILES string of the molecule is CCN(c1cncc(NC)n1)c1ccccc1F. The van der Waals surface area contributed by atoms with E-state index in [2.05, 4.69) is 15.3 Å². The summed E-state index contributed by atoms with van der Waals surface area (Å²) in [5.41, 5.74) is 0.502. The van der Waals surface area contributed by atoms with Gasteiger partial charge in [0.05, 0.1) is 18.1 Å². The van der Waals surface area contributed by atoms with Gasteiger partial charge in [0, 0.05) is 13.6 Å². The van der Waals surface area contributed by atoms with Crippen LogP contribution in [-0.4, -0.2) is 23.6 Å². The van der Waals surface area contributed by atoms with E-state index < -0.39 is 0 Å². The highest BCUT2D eigenvalue weighted by molar-refractivity contribution is 5.60. The van der Waals surface area contributed by atoms with Gasteiger partial charge in [0.1, 0.15) is 11.6 Å². The molecule has 0 fully saturated rings. The second kappa shape index (κ2) is 5.44. The number of nitrogens with zero attached hydrogens (tertiary/aromatic N) is 3. The zero-order valence-corrected chi connectivity index (χ0v) is 10.4. The lowest BCUT2D eigenvalue weighted by molar-refractivity contribution is 0.625. The average Bonchev–Trinajstić information content (AvgIpc) is 2.42. The van der Waals surface area contributed by atoms with E-state index in [4.69, 9.17) is 0 Å². The van der Waals surface area contributed by atoms with Gasteiger partial charge in [-0.15, -0.1) is 0 Å². The largest absolute Gasteiger partial charge is 0.372 e. The molecule has 0 spiro atoms. The molecule has 18 heavy (non-hydrogen) atoms. The maximum Gasteiger partial charge on any atom is 0.154 e. The van der Waals surface area contributed by atoms with E-state index in [0.717, 1.165) is 0 Å². The summed E-state index contributed by atoms with van der Waals surface area (Å²) < 4.78 is 13.8. The minimum absolute atomic E-state index is 0.268. The highest BCUT2D eigenvalue weighted by Gasteiger charge is 2.13.